The van der Waals surface area contributed by atoms with E-state index in [0.717, 1.165) is 29.5 Å². The fraction of sp³-hybridized carbons (Fsp3) is 0.308. The molecule has 84 valence electrons. The molecule has 0 saturated heterocycles. The molecule has 0 heterocycles. The third-order valence-electron chi connectivity index (χ3n) is 2.74. The standard InChI is InChI=1S/C13H14FNO/c1-2-15-13(16)7-10-4-3-9-5-6-11(14)8-12(9)10/h5-8H,2-4H2,1H3,(H,15,16)/b10-7-. The average molecular weight is 219 g/mol. The fourth-order valence-corrected chi connectivity index (χ4v) is 2.00. The first kappa shape index (κ1) is 10.9. The van der Waals surface area contributed by atoms with E-state index in [1.165, 1.54) is 12.1 Å². The Kier molecular flexibility index (Phi) is 3.04. The van der Waals surface area contributed by atoms with Crippen molar-refractivity contribution in [1.82, 2.24) is 5.32 Å². The Morgan fingerprint density at radius 3 is 3.06 bits per heavy atom. The van der Waals surface area contributed by atoms with Crippen molar-refractivity contribution >= 4 is 11.5 Å². The van der Waals surface area contributed by atoms with Gasteiger partial charge in [0.15, 0.2) is 0 Å². The first-order chi connectivity index (χ1) is 7.70. The van der Waals surface area contributed by atoms with E-state index < -0.39 is 0 Å². The van der Waals surface area contributed by atoms with Gasteiger partial charge in [-0.25, -0.2) is 4.39 Å². The van der Waals surface area contributed by atoms with Gasteiger partial charge < -0.3 is 5.32 Å². The van der Waals surface area contributed by atoms with Gasteiger partial charge in [0.05, 0.1) is 0 Å². The summed E-state index contributed by atoms with van der Waals surface area (Å²) in [4.78, 5) is 11.4. The number of allylic oxidation sites excluding steroid dienone is 1. The Hall–Kier alpha value is -1.64. The molecule has 3 heteroatoms. The zero-order valence-electron chi connectivity index (χ0n) is 9.22. The summed E-state index contributed by atoms with van der Waals surface area (Å²) in [6, 6.07) is 4.77. The molecule has 0 aromatic heterocycles. The maximum absolute atomic E-state index is 13.1. The van der Waals surface area contributed by atoms with Crippen LogP contribution in [0.5, 0.6) is 0 Å². The van der Waals surface area contributed by atoms with Gasteiger partial charge in [-0.2, -0.15) is 0 Å². The van der Waals surface area contributed by atoms with Crippen LogP contribution in [0.1, 0.15) is 24.5 Å². The van der Waals surface area contributed by atoms with Gasteiger partial charge in [-0.05, 0) is 48.6 Å². The van der Waals surface area contributed by atoms with Crippen LogP contribution in [0.4, 0.5) is 4.39 Å². The summed E-state index contributed by atoms with van der Waals surface area (Å²) < 4.78 is 13.1. The highest BCUT2D eigenvalue weighted by Gasteiger charge is 2.17. The van der Waals surface area contributed by atoms with Crippen molar-refractivity contribution in [1.29, 1.82) is 0 Å². The van der Waals surface area contributed by atoms with Gasteiger partial charge in [-0.3, -0.25) is 4.79 Å². The number of likely N-dealkylation sites (N-methyl/N-ethyl adjacent to an activating group) is 1. The second-order valence-corrected chi connectivity index (χ2v) is 3.87. The van der Waals surface area contributed by atoms with E-state index in [2.05, 4.69) is 5.32 Å². The largest absolute Gasteiger partial charge is 0.353 e. The third kappa shape index (κ3) is 2.13. The normalized spacial score (nSPS) is 16.2. The number of halogens is 1. The molecule has 1 amide bonds. The summed E-state index contributed by atoms with van der Waals surface area (Å²) in [6.07, 6.45) is 3.28. The Labute approximate surface area is 94.2 Å². The highest BCUT2D eigenvalue weighted by atomic mass is 19.1. The SMILES string of the molecule is CCNC(=O)/C=C1/CCc2ccc(F)cc21. The van der Waals surface area contributed by atoms with E-state index >= 15 is 0 Å². The predicted molar refractivity (Wildman–Crippen MR) is 61.4 cm³/mol. The number of hydrogen-bond acceptors (Lipinski definition) is 1. The van der Waals surface area contributed by atoms with Gasteiger partial charge in [0.2, 0.25) is 5.91 Å². The number of nitrogens with one attached hydrogen (secondary N) is 1. The van der Waals surface area contributed by atoms with Gasteiger partial charge in [0.25, 0.3) is 0 Å². The molecule has 1 aliphatic carbocycles. The molecule has 0 fully saturated rings. The topological polar surface area (TPSA) is 29.1 Å². The number of rotatable bonds is 2. The lowest BCUT2D eigenvalue weighted by Gasteiger charge is -2.01. The van der Waals surface area contributed by atoms with Crippen molar-refractivity contribution in [2.75, 3.05) is 6.54 Å². The average Bonchev–Trinajstić information content (AvgIpc) is 2.61. The maximum Gasteiger partial charge on any atom is 0.244 e. The molecule has 1 aromatic rings. The first-order valence-corrected chi connectivity index (χ1v) is 5.48. The van der Waals surface area contributed by atoms with Crippen LogP contribution in [-0.4, -0.2) is 12.5 Å². The first-order valence-electron chi connectivity index (χ1n) is 5.48. The molecule has 1 N–H and O–H groups in total. The van der Waals surface area contributed by atoms with Crippen molar-refractivity contribution in [3.8, 4) is 0 Å². The van der Waals surface area contributed by atoms with Crippen LogP contribution in [0.3, 0.4) is 0 Å². The lowest BCUT2D eigenvalue weighted by Crippen LogP contribution is -2.20. The van der Waals surface area contributed by atoms with Gasteiger partial charge in [-0.1, -0.05) is 6.07 Å². The zero-order chi connectivity index (χ0) is 11.5. The monoisotopic (exact) mass is 219 g/mol. The van der Waals surface area contributed by atoms with Crippen LogP contribution in [0.15, 0.2) is 24.3 Å². The smallest absolute Gasteiger partial charge is 0.244 e. The summed E-state index contributed by atoms with van der Waals surface area (Å²) in [5.41, 5.74) is 2.93. The summed E-state index contributed by atoms with van der Waals surface area (Å²) in [5.74, 6) is -0.350. The summed E-state index contributed by atoms with van der Waals surface area (Å²) >= 11 is 0. The predicted octanol–water partition coefficient (Wildman–Crippen LogP) is 2.29. The quantitative estimate of drug-likeness (QED) is 0.760. The number of aryl methyl sites for hydroxylation is 1. The van der Waals surface area contributed by atoms with E-state index in [1.807, 2.05) is 6.92 Å². The third-order valence-corrected chi connectivity index (χ3v) is 2.74. The molecule has 0 radical (unpaired) electrons. The van der Waals surface area contributed by atoms with Crippen LogP contribution in [0.2, 0.25) is 0 Å². The Balaban J connectivity index is 2.29. The molecule has 2 nitrogen and oxygen atoms in total. The molecule has 1 aliphatic rings. The number of hydrogen-bond donors (Lipinski definition) is 1. The minimum Gasteiger partial charge on any atom is -0.353 e. The maximum atomic E-state index is 13.1. The van der Waals surface area contributed by atoms with Gasteiger partial charge in [0, 0.05) is 12.6 Å². The van der Waals surface area contributed by atoms with Crippen molar-refractivity contribution in [2.45, 2.75) is 19.8 Å². The zero-order valence-corrected chi connectivity index (χ0v) is 9.22. The number of benzene rings is 1. The number of carbonyl (C=O) groups is 1. The van der Waals surface area contributed by atoms with Crippen LogP contribution < -0.4 is 5.32 Å². The van der Waals surface area contributed by atoms with Crippen molar-refractivity contribution in [3.63, 3.8) is 0 Å². The highest BCUT2D eigenvalue weighted by Crippen LogP contribution is 2.32. The Bertz CT molecular complexity index is 451. The molecule has 16 heavy (non-hydrogen) atoms. The highest BCUT2D eigenvalue weighted by molar-refractivity contribution is 5.96. The molecule has 0 spiro atoms. The van der Waals surface area contributed by atoms with Crippen molar-refractivity contribution in [2.24, 2.45) is 0 Å². The molecule has 0 bridgehead atoms. The van der Waals surface area contributed by atoms with E-state index in [-0.39, 0.29) is 11.7 Å². The summed E-state index contributed by atoms with van der Waals surface area (Å²) in [7, 11) is 0. The van der Waals surface area contributed by atoms with E-state index in [9.17, 15) is 9.18 Å². The molecule has 0 aliphatic heterocycles. The van der Waals surface area contributed by atoms with E-state index in [1.54, 1.807) is 12.1 Å². The van der Waals surface area contributed by atoms with Crippen LogP contribution in [-0.2, 0) is 11.2 Å². The minimum absolute atomic E-state index is 0.102. The molecule has 0 unspecified atom stereocenters. The molecular formula is C13H14FNO. The molecular weight excluding hydrogens is 205 g/mol. The van der Waals surface area contributed by atoms with Gasteiger partial charge in [-0.15, -0.1) is 0 Å². The number of carbonyl (C=O) groups excluding carboxylic acids is 1. The Morgan fingerprint density at radius 1 is 1.50 bits per heavy atom. The molecule has 1 aromatic carbocycles. The fourth-order valence-electron chi connectivity index (χ4n) is 2.00. The minimum atomic E-state index is -0.248. The molecule has 0 atom stereocenters. The number of fused-ring (bicyclic) bond motifs is 1. The van der Waals surface area contributed by atoms with E-state index in [4.69, 9.17) is 0 Å². The van der Waals surface area contributed by atoms with Crippen molar-refractivity contribution < 1.29 is 9.18 Å². The van der Waals surface area contributed by atoms with Gasteiger partial charge in [0.1, 0.15) is 5.82 Å². The number of amides is 1. The molecule has 2 rings (SSSR count). The Morgan fingerprint density at radius 2 is 2.31 bits per heavy atom. The summed E-state index contributed by atoms with van der Waals surface area (Å²) in [6.45, 7) is 2.48. The summed E-state index contributed by atoms with van der Waals surface area (Å²) in [5, 5.41) is 2.71. The van der Waals surface area contributed by atoms with Crippen LogP contribution in [0, 0.1) is 5.82 Å². The van der Waals surface area contributed by atoms with Crippen molar-refractivity contribution in [3.05, 3.63) is 41.2 Å². The second-order valence-electron chi connectivity index (χ2n) is 3.87. The lowest BCUT2D eigenvalue weighted by molar-refractivity contribution is -0.116. The van der Waals surface area contributed by atoms with E-state index in [0.29, 0.717) is 6.54 Å². The molecule has 0 saturated carbocycles. The second kappa shape index (κ2) is 4.47. The lowest BCUT2D eigenvalue weighted by atomic mass is 10.1. The van der Waals surface area contributed by atoms with Crippen LogP contribution >= 0.6 is 0 Å². The van der Waals surface area contributed by atoms with Crippen LogP contribution in [0.25, 0.3) is 5.57 Å². The van der Waals surface area contributed by atoms with Gasteiger partial charge >= 0.3 is 0 Å².